The summed E-state index contributed by atoms with van der Waals surface area (Å²) in [5, 5.41) is 5.78. The number of hydrogen-bond donors (Lipinski definition) is 0. The summed E-state index contributed by atoms with van der Waals surface area (Å²) in [7, 11) is 0. The molecule has 4 heterocycles. The second-order valence-corrected chi connectivity index (χ2v) is 17.5. The number of aromatic nitrogens is 4. The molecule has 0 spiro atoms. The van der Waals surface area contributed by atoms with E-state index in [0.717, 1.165) is 85.6 Å². The van der Waals surface area contributed by atoms with Crippen LogP contribution in [0.1, 0.15) is 55.2 Å². The van der Waals surface area contributed by atoms with Crippen LogP contribution in [-0.2, 0) is 11.8 Å². The molecule has 0 amide bonds. The summed E-state index contributed by atoms with van der Waals surface area (Å²) in [6, 6.07) is 36.9. The molecule has 4 aliphatic rings. The maximum atomic E-state index is 6.62. The van der Waals surface area contributed by atoms with E-state index in [1.165, 1.54) is 39.4 Å². The average molecular weight is 777 g/mol. The van der Waals surface area contributed by atoms with E-state index in [-0.39, 0.29) is 5.41 Å². The molecule has 1 saturated carbocycles. The number of furan rings is 2. The van der Waals surface area contributed by atoms with E-state index in [0.29, 0.717) is 23.6 Å². The summed E-state index contributed by atoms with van der Waals surface area (Å²) in [5.74, 6) is 4.72. The van der Waals surface area contributed by atoms with Gasteiger partial charge in [-0.3, -0.25) is 0 Å². The number of nitrogens with zero attached hydrogens (tertiary/aromatic N) is 4. The van der Waals surface area contributed by atoms with Crippen LogP contribution in [0.5, 0.6) is 0 Å². The summed E-state index contributed by atoms with van der Waals surface area (Å²) in [6.07, 6.45) is 20.7. The molecule has 6 nitrogen and oxygen atoms in total. The molecule has 5 aromatic carbocycles. The van der Waals surface area contributed by atoms with Gasteiger partial charge in [-0.25, -0.2) is 15.0 Å². The topological polar surface area (TPSA) is 69.9 Å². The van der Waals surface area contributed by atoms with Crippen LogP contribution in [-0.4, -0.2) is 19.5 Å². The summed E-state index contributed by atoms with van der Waals surface area (Å²) in [4.78, 5) is 15.5. The van der Waals surface area contributed by atoms with Gasteiger partial charge in [0.05, 0.1) is 11.0 Å². The van der Waals surface area contributed by atoms with Crippen LogP contribution in [0.25, 0.3) is 89.0 Å². The zero-order valence-electron chi connectivity index (χ0n) is 33.4. The van der Waals surface area contributed by atoms with E-state index < -0.39 is 0 Å². The van der Waals surface area contributed by atoms with E-state index in [1.807, 2.05) is 0 Å². The Hall–Kier alpha value is -7.05. The second kappa shape index (κ2) is 12.5. The quantitative estimate of drug-likeness (QED) is 0.174. The molecule has 4 unspecified atom stereocenters. The van der Waals surface area contributed by atoms with Crippen LogP contribution in [0, 0.1) is 17.8 Å². The number of para-hydroxylation sites is 2. The van der Waals surface area contributed by atoms with E-state index in [9.17, 15) is 0 Å². The fourth-order valence-electron chi connectivity index (χ4n) is 10.2. The molecule has 0 N–H and O–H groups in total. The molecule has 0 radical (unpaired) electrons. The summed E-state index contributed by atoms with van der Waals surface area (Å²) in [5.41, 5.74) is 11.3. The fourth-order valence-corrected chi connectivity index (χ4v) is 10.2. The summed E-state index contributed by atoms with van der Waals surface area (Å²) in [6.45, 7) is 4.56. The number of benzene rings is 5. The van der Waals surface area contributed by atoms with Gasteiger partial charge in [-0.05, 0) is 96.7 Å². The van der Waals surface area contributed by atoms with Crippen molar-refractivity contribution in [3.63, 3.8) is 0 Å². The minimum atomic E-state index is -0.318. The predicted molar refractivity (Wildman–Crippen MR) is 243 cm³/mol. The predicted octanol–water partition coefficient (Wildman–Crippen LogP) is 13.4. The van der Waals surface area contributed by atoms with Crippen LogP contribution in [0.15, 0.2) is 154 Å². The minimum absolute atomic E-state index is 0.318. The molecule has 4 aromatic heterocycles. The van der Waals surface area contributed by atoms with E-state index in [4.69, 9.17) is 23.8 Å². The van der Waals surface area contributed by atoms with Crippen LogP contribution >= 0.6 is 0 Å². The van der Waals surface area contributed by atoms with Crippen molar-refractivity contribution in [3.05, 3.63) is 174 Å². The van der Waals surface area contributed by atoms with Crippen molar-refractivity contribution < 1.29 is 8.83 Å². The van der Waals surface area contributed by atoms with Crippen molar-refractivity contribution in [1.29, 1.82) is 0 Å². The maximum absolute atomic E-state index is 6.62. The number of rotatable bonds is 5. The summed E-state index contributed by atoms with van der Waals surface area (Å²) >= 11 is 0. The van der Waals surface area contributed by atoms with Gasteiger partial charge in [0.25, 0.3) is 0 Å². The zero-order valence-corrected chi connectivity index (χ0v) is 33.4. The lowest BCUT2D eigenvalue weighted by atomic mass is 9.73. The Bertz CT molecular complexity index is 3420. The Morgan fingerprint density at radius 3 is 2.33 bits per heavy atom. The molecule has 0 bridgehead atoms. The van der Waals surface area contributed by atoms with Gasteiger partial charge in [0.2, 0.25) is 0 Å². The van der Waals surface area contributed by atoms with Gasteiger partial charge in [-0.15, -0.1) is 0 Å². The lowest BCUT2D eigenvalue weighted by Gasteiger charge is -2.29. The van der Waals surface area contributed by atoms with E-state index >= 15 is 0 Å². The zero-order chi connectivity index (χ0) is 39.7. The van der Waals surface area contributed by atoms with Gasteiger partial charge in [-0.1, -0.05) is 117 Å². The molecule has 1 fully saturated rings. The summed E-state index contributed by atoms with van der Waals surface area (Å²) < 4.78 is 15.6. The van der Waals surface area contributed by atoms with Crippen molar-refractivity contribution in [1.82, 2.24) is 19.5 Å². The van der Waals surface area contributed by atoms with Crippen LogP contribution in [0.3, 0.4) is 0 Å². The molecule has 288 valence electrons. The van der Waals surface area contributed by atoms with Crippen molar-refractivity contribution in [2.75, 3.05) is 0 Å². The molecule has 0 aliphatic heterocycles. The standard InChI is InChI=1S/C54H40N4O2/c1-31-9-7-10-33(25-31)51-55-52(34-18-17-32-26-35(32)27-34)57-53(56-51)41-13-8-16-48-50(41)43-30-54(2,24-23-47(43)59-48)36-19-21-40-42-29-37(20-22-46(42)60-49(40)28-36)58-44-14-5-3-11-38(44)39-12-4-6-15-45(39)58/h3-24,27-29,31-32,35H,25-26,30H2,1-2H3. The van der Waals surface area contributed by atoms with Gasteiger partial charge in [0.1, 0.15) is 22.5 Å². The first-order valence-corrected chi connectivity index (χ1v) is 21.2. The van der Waals surface area contributed by atoms with Gasteiger partial charge >= 0.3 is 0 Å². The molecule has 60 heavy (non-hydrogen) atoms. The largest absolute Gasteiger partial charge is 0.456 e. The Morgan fingerprint density at radius 2 is 1.50 bits per heavy atom. The third kappa shape index (κ3) is 5.16. The van der Waals surface area contributed by atoms with Crippen molar-refractivity contribution in [3.8, 4) is 17.1 Å². The van der Waals surface area contributed by atoms with Crippen LogP contribution in [0.2, 0.25) is 0 Å². The average Bonchev–Trinajstić information content (AvgIpc) is 3.67. The maximum Gasteiger partial charge on any atom is 0.164 e. The van der Waals surface area contributed by atoms with E-state index in [2.05, 4.69) is 170 Å². The first-order chi connectivity index (χ1) is 29.4. The third-order valence-corrected chi connectivity index (χ3v) is 13.5. The molecule has 4 atom stereocenters. The smallest absolute Gasteiger partial charge is 0.164 e. The Balaban J connectivity index is 0.899. The first-order valence-electron chi connectivity index (χ1n) is 21.2. The second-order valence-electron chi connectivity index (χ2n) is 17.5. The number of hydrogen-bond acceptors (Lipinski definition) is 5. The highest BCUT2D eigenvalue weighted by Crippen LogP contribution is 2.47. The highest BCUT2D eigenvalue weighted by atomic mass is 16.3. The van der Waals surface area contributed by atoms with E-state index in [1.54, 1.807) is 0 Å². The number of allylic oxidation sites excluding steroid dienone is 9. The van der Waals surface area contributed by atoms with Crippen molar-refractivity contribution in [2.24, 2.45) is 17.8 Å². The molecule has 6 heteroatoms. The van der Waals surface area contributed by atoms with Gasteiger partial charge in [-0.2, -0.15) is 0 Å². The molecule has 4 aliphatic carbocycles. The van der Waals surface area contributed by atoms with Crippen molar-refractivity contribution in [2.45, 2.75) is 38.5 Å². The Morgan fingerprint density at radius 1 is 0.683 bits per heavy atom. The molecule has 9 aromatic rings. The van der Waals surface area contributed by atoms with Gasteiger partial charge in [0, 0.05) is 54.7 Å². The first kappa shape index (κ1) is 33.9. The number of fused-ring (bicyclic) bond motifs is 10. The van der Waals surface area contributed by atoms with Crippen molar-refractivity contribution >= 4 is 71.9 Å². The minimum Gasteiger partial charge on any atom is -0.456 e. The lowest BCUT2D eigenvalue weighted by molar-refractivity contribution is 0.549. The highest BCUT2D eigenvalue weighted by Gasteiger charge is 2.36. The van der Waals surface area contributed by atoms with Crippen LogP contribution < -0.4 is 0 Å². The molecule has 13 rings (SSSR count). The molecular formula is C54H40N4O2. The van der Waals surface area contributed by atoms with Gasteiger partial charge in [0.15, 0.2) is 17.5 Å². The fraction of sp³-hybridized carbons (Fsp3) is 0.167. The molecule has 0 saturated heterocycles. The third-order valence-electron chi connectivity index (χ3n) is 13.5. The molecular weight excluding hydrogens is 737 g/mol. The normalized spacial score (nSPS) is 21.9. The Kier molecular flexibility index (Phi) is 7.05. The Labute approximate surface area is 346 Å². The lowest BCUT2D eigenvalue weighted by Crippen LogP contribution is -2.24. The highest BCUT2D eigenvalue weighted by molar-refractivity contribution is 6.10. The van der Waals surface area contributed by atoms with Crippen LogP contribution in [0.4, 0.5) is 0 Å². The monoisotopic (exact) mass is 776 g/mol. The SMILES string of the molecule is CC1C=CC=C(c2nc(C3=CC4CC4C=C3)nc(-c3cccc4oc5c(c34)CC(C)(c3ccc4c(c3)oc3ccc(-n6c7ccccc7c7ccccc76)cc34)C=C5)n2)C1. The van der Waals surface area contributed by atoms with Gasteiger partial charge < -0.3 is 13.4 Å².